The molecule has 0 amide bonds. The highest BCUT2D eigenvalue weighted by Gasteiger charge is 2.26. The summed E-state index contributed by atoms with van der Waals surface area (Å²) in [5.41, 5.74) is 8.57. The standard InChI is InChI=1S/C12H8F2N3OP/c13-9-1-5-11(6-2-9)19(18,17-16-15)12-7-3-10(14)4-8-12/h1-8H. The summed E-state index contributed by atoms with van der Waals surface area (Å²) in [6, 6.07) is 9.64. The van der Waals surface area contributed by atoms with Crippen LogP contribution in [0.4, 0.5) is 8.78 Å². The van der Waals surface area contributed by atoms with Gasteiger partial charge in [0.2, 0.25) is 7.29 Å². The second-order valence-electron chi connectivity index (χ2n) is 3.71. The lowest BCUT2D eigenvalue weighted by Gasteiger charge is -2.12. The number of benzene rings is 2. The number of rotatable bonds is 3. The lowest BCUT2D eigenvalue weighted by Crippen LogP contribution is -2.14. The van der Waals surface area contributed by atoms with E-state index in [-0.39, 0.29) is 10.6 Å². The van der Waals surface area contributed by atoms with Gasteiger partial charge in [0.25, 0.3) is 0 Å². The molecule has 7 heteroatoms. The smallest absolute Gasteiger partial charge is 0.228 e. The van der Waals surface area contributed by atoms with Crippen molar-refractivity contribution in [2.45, 2.75) is 0 Å². The van der Waals surface area contributed by atoms with Gasteiger partial charge in [0.15, 0.2) is 0 Å². The fourth-order valence-corrected chi connectivity index (χ4v) is 3.32. The van der Waals surface area contributed by atoms with E-state index < -0.39 is 18.9 Å². The van der Waals surface area contributed by atoms with Crippen molar-refractivity contribution in [1.29, 1.82) is 0 Å². The minimum atomic E-state index is -3.59. The maximum atomic E-state index is 12.9. The molecule has 0 radical (unpaired) electrons. The van der Waals surface area contributed by atoms with Gasteiger partial charge >= 0.3 is 0 Å². The Labute approximate surface area is 107 Å². The van der Waals surface area contributed by atoms with Crippen LogP contribution in [-0.4, -0.2) is 0 Å². The number of azide groups is 1. The number of nitrogens with zero attached hydrogens (tertiary/aromatic N) is 3. The fraction of sp³-hybridized carbons (Fsp3) is 0. The van der Waals surface area contributed by atoms with Crippen molar-refractivity contribution in [3.8, 4) is 0 Å². The Morgan fingerprint density at radius 3 is 1.58 bits per heavy atom. The molecule has 0 aliphatic heterocycles. The zero-order valence-electron chi connectivity index (χ0n) is 9.57. The van der Waals surface area contributed by atoms with Gasteiger partial charge in [0.05, 0.1) is 0 Å². The summed E-state index contributed by atoms with van der Waals surface area (Å²) in [5.74, 6) is -0.981. The van der Waals surface area contributed by atoms with Crippen LogP contribution in [0.25, 0.3) is 10.4 Å². The van der Waals surface area contributed by atoms with Crippen molar-refractivity contribution in [2.75, 3.05) is 0 Å². The second kappa shape index (κ2) is 5.22. The molecular weight excluding hydrogens is 271 g/mol. The first-order valence-electron chi connectivity index (χ1n) is 5.25. The Bertz CT molecular complexity index is 630. The van der Waals surface area contributed by atoms with Crippen LogP contribution in [0.2, 0.25) is 0 Å². The van der Waals surface area contributed by atoms with Crippen molar-refractivity contribution in [3.05, 3.63) is 70.6 Å². The maximum absolute atomic E-state index is 12.9. The van der Waals surface area contributed by atoms with Gasteiger partial charge in [-0.1, -0.05) is 0 Å². The topological polar surface area (TPSA) is 65.8 Å². The largest absolute Gasteiger partial charge is 0.307 e. The molecular formula is C12H8F2N3OP. The van der Waals surface area contributed by atoms with Crippen LogP contribution >= 0.6 is 7.29 Å². The van der Waals surface area contributed by atoms with Crippen LogP contribution in [0.3, 0.4) is 0 Å². The quantitative estimate of drug-likeness (QED) is 0.367. The van der Waals surface area contributed by atoms with E-state index in [9.17, 15) is 13.3 Å². The lowest BCUT2D eigenvalue weighted by atomic mass is 10.3. The van der Waals surface area contributed by atoms with E-state index in [2.05, 4.69) is 9.80 Å². The Kier molecular flexibility index (Phi) is 3.65. The summed E-state index contributed by atoms with van der Waals surface area (Å²) in [6.45, 7) is 0. The van der Waals surface area contributed by atoms with Crippen molar-refractivity contribution < 1.29 is 13.3 Å². The van der Waals surface area contributed by atoms with Gasteiger partial charge in [0.1, 0.15) is 11.6 Å². The van der Waals surface area contributed by atoms with E-state index in [0.29, 0.717) is 0 Å². The van der Waals surface area contributed by atoms with E-state index in [1.54, 1.807) is 0 Å². The lowest BCUT2D eigenvalue weighted by molar-refractivity contribution is 0.587. The first kappa shape index (κ1) is 13.3. The predicted octanol–water partition coefficient (Wildman–Crippen LogP) is 3.50. The molecule has 4 nitrogen and oxygen atoms in total. The van der Waals surface area contributed by atoms with Crippen molar-refractivity contribution in [2.24, 2.45) is 4.88 Å². The zero-order chi connectivity index (χ0) is 13.9. The highest BCUT2D eigenvalue weighted by Crippen LogP contribution is 2.45. The molecule has 0 aliphatic carbocycles. The second-order valence-corrected chi connectivity index (χ2v) is 6.07. The van der Waals surface area contributed by atoms with Crippen LogP contribution in [-0.2, 0) is 4.57 Å². The van der Waals surface area contributed by atoms with Gasteiger partial charge in [-0.05, 0) is 58.9 Å². The van der Waals surface area contributed by atoms with Crippen molar-refractivity contribution in [1.82, 2.24) is 0 Å². The minimum absolute atomic E-state index is 0.193. The summed E-state index contributed by atoms with van der Waals surface area (Å²) < 4.78 is 38.5. The highest BCUT2D eigenvalue weighted by atomic mass is 31.2. The first-order chi connectivity index (χ1) is 9.06. The normalized spacial score (nSPS) is 10.8. The summed E-state index contributed by atoms with van der Waals surface area (Å²) in [7, 11) is -3.59. The van der Waals surface area contributed by atoms with Crippen LogP contribution < -0.4 is 10.6 Å². The van der Waals surface area contributed by atoms with Crippen LogP contribution in [0.5, 0.6) is 0 Å². The van der Waals surface area contributed by atoms with Crippen LogP contribution in [0.15, 0.2) is 53.4 Å². The molecule has 19 heavy (non-hydrogen) atoms. The minimum Gasteiger partial charge on any atom is -0.307 e. The Hall–Kier alpha value is -2.16. The summed E-state index contributed by atoms with van der Waals surface area (Å²) in [4.78, 5) is 5.93. The van der Waals surface area contributed by atoms with Crippen molar-refractivity contribution >= 4 is 17.9 Å². The van der Waals surface area contributed by atoms with E-state index in [4.69, 9.17) is 5.53 Å². The van der Waals surface area contributed by atoms with Crippen LogP contribution in [0, 0.1) is 11.6 Å². The van der Waals surface area contributed by atoms with Gasteiger partial charge < -0.3 is 4.57 Å². The van der Waals surface area contributed by atoms with E-state index >= 15 is 0 Å². The predicted molar refractivity (Wildman–Crippen MR) is 68.8 cm³/mol. The van der Waals surface area contributed by atoms with Gasteiger partial charge in [-0.2, -0.15) is 0 Å². The summed E-state index contributed by atoms with van der Waals surface area (Å²) in [5, 5.41) is 0.386. The molecule has 0 saturated carbocycles. The summed E-state index contributed by atoms with van der Waals surface area (Å²) in [6.07, 6.45) is 0. The summed E-state index contributed by atoms with van der Waals surface area (Å²) >= 11 is 0. The molecule has 0 saturated heterocycles. The number of hydrogen-bond acceptors (Lipinski definition) is 1. The fourth-order valence-electron chi connectivity index (χ4n) is 1.59. The Morgan fingerprint density at radius 2 is 1.26 bits per heavy atom. The third-order valence-electron chi connectivity index (χ3n) is 2.52. The average Bonchev–Trinajstić information content (AvgIpc) is 2.40. The van der Waals surface area contributed by atoms with Crippen molar-refractivity contribution in [3.63, 3.8) is 0 Å². The Balaban J connectivity index is 2.61. The highest BCUT2D eigenvalue weighted by molar-refractivity contribution is 7.77. The molecule has 0 bridgehead atoms. The molecule has 2 aromatic rings. The number of halogens is 2. The molecule has 0 fully saturated rings. The molecule has 2 rings (SSSR count). The molecule has 0 spiro atoms. The molecule has 0 atom stereocenters. The molecule has 0 N–H and O–H groups in total. The van der Waals surface area contributed by atoms with E-state index in [1.807, 2.05) is 0 Å². The average molecular weight is 279 g/mol. The molecule has 0 aliphatic rings. The van der Waals surface area contributed by atoms with Gasteiger partial charge in [-0.15, -0.1) is 0 Å². The number of hydrogen-bond donors (Lipinski definition) is 0. The van der Waals surface area contributed by atoms with Gasteiger partial charge in [-0.3, -0.25) is 0 Å². The van der Waals surface area contributed by atoms with E-state index in [0.717, 1.165) is 24.3 Å². The third-order valence-corrected chi connectivity index (χ3v) is 4.85. The van der Waals surface area contributed by atoms with Crippen LogP contribution in [0.1, 0.15) is 0 Å². The first-order valence-corrected chi connectivity index (χ1v) is 6.91. The zero-order valence-corrected chi connectivity index (χ0v) is 10.5. The Morgan fingerprint density at radius 1 is 0.895 bits per heavy atom. The molecule has 0 aromatic heterocycles. The maximum Gasteiger partial charge on any atom is 0.228 e. The SMILES string of the molecule is [N-]=[N+]=NP(=O)(c1ccc(F)cc1)c1ccc(F)cc1. The molecule has 0 heterocycles. The van der Waals surface area contributed by atoms with Gasteiger partial charge in [0, 0.05) is 15.5 Å². The molecule has 0 unspecified atom stereocenters. The third kappa shape index (κ3) is 2.65. The molecule has 2 aromatic carbocycles. The monoisotopic (exact) mass is 279 g/mol. The molecule has 96 valence electrons. The van der Waals surface area contributed by atoms with E-state index in [1.165, 1.54) is 24.3 Å². The van der Waals surface area contributed by atoms with Gasteiger partial charge in [-0.25, -0.2) is 8.78 Å².